The Morgan fingerprint density at radius 3 is 0.960 bits per heavy atom. The molecule has 0 bridgehead atoms. The van der Waals surface area contributed by atoms with Gasteiger partial charge in [0.05, 0.1) is 57.8 Å². The monoisotopic (exact) mass is 1760 g/mol. The first-order valence-electron chi connectivity index (χ1n) is 42.3. The Morgan fingerprint density at radius 1 is 0.381 bits per heavy atom. The molecule has 1 atom stereocenters. The second-order valence-corrected chi connectivity index (χ2v) is 42.0. The topological polar surface area (TPSA) is 193 Å². The standard InChI is InChI=1S/C19H24N2O3S.C18H23NOS.C18H21NO.C17H18F3NO.C17H21NO.C17H21NS/c1-6-25(23,24)21-18(22)14-11-10-13(2)15(12-14)16-8-7-9-17(20-16)19(3,4)5;1-6-21(20)14-11-10-13(2)15(12-14)16-8-7-9-17(19-16)18(3,4)5;1-12-9-10-14(13(2)20)11-15(12)16-7-6-8-17(19-16)18(3,4)5;1-11-8-9-12(22-17(18,19)20)10-13(11)14-6-5-7-15(21-14)16(2,3)4;2*1-12-9-10-13(19-5)11-14(12)15-7-6-8-16(18-15)17(2,3)4/h7-12H,6H2,1-5H3,(H,21,22);7-12H,6H2,1-5H3;6-11H,1-5H3;5-10H,1-4H3;2*6-11H,1-5H3. The highest BCUT2D eigenvalue weighted by Crippen LogP contribution is 2.37. The molecule has 1 N–H and O–H groups in total. The normalized spacial score (nSPS) is 12.0. The summed E-state index contributed by atoms with van der Waals surface area (Å²) in [7, 11) is -2.84. The van der Waals surface area contributed by atoms with Crippen LogP contribution in [0.3, 0.4) is 0 Å². The van der Waals surface area contributed by atoms with E-state index in [1.807, 2.05) is 158 Å². The first kappa shape index (κ1) is 102. The van der Waals surface area contributed by atoms with E-state index in [1.54, 1.807) is 56.1 Å². The molecule has 6 heterocycles. The number of benzene rings is 6. The lowest BCUT2D eigenvalue weighted by Crippen LogP contribution is -2.31. The van der Waals surface area contributed by atoms with Crippen LogP contribution in [0.5, 0.6) is 11.5 Å². The zero-order chi connectivity index (χ0) is 94.0. The zero-order valence-electron chi connectivity index (χ0n) is 79.1. The van der Waals surface area contributed by atoms with Crippen molar-refractivity contribution < 1.29 is 44.9 Å². The third-order valence-corrected chi connectivity index (χ3v) is 23.9. The fraction of sp³-hybridized carbons (Fsp3) is 0.358. The van der Waals surface area contributed by atoms with E-state index in [9.17, 15) is 35.4 Å². The van der Waals surface area contributed by atoms with Gasteiger partial charge in [0.2, 0.25) is 10.0 Å². The fourth-order valence-electron chi connectivity index (χ4n) is 12.7. The van der Waals surface area contributed by atoms with Crippen molar-refractivity contribution in [1.29, 1.82) is 0 Å². The molecule has 1 unspecified atom stereocenters. The summed E-state index contributed by atoms with van der Waals surface area (Å²) in [5, 5.41) is 0. The van der Waals surface area contributed by atoms with Crippen molar-refractivity contribution in [3.05, 3.63) is 297 Å². The number of rotatable bonds is 15. The number of carbonyl (C=O) groups excluding carboxylic acids is 2. The van der Waals surface area contributed by atoms with Gasteiger partial charge >= 0.3 is 6.36 Å². The number of hydrogen-bond acceptors (Lipinski definition) is 14. The van der Waals surface area contributed by atoms with Gasteiger partial charge in [0.15, 0.2) is 5.78 Å². The third kappa shape index (κ3) is 29.9. The Morgan fingerprint density at radius 2 is 0.659 bits per heavy atom. The van der Waals surface area contributed by atoms with Crippen LogP contribution in [-0.2, 0) is 53.3 Å². The molecule has 0 spiro atoms. The number of Topliss-reactive ketones (excluding diaryl/α,β-unsaturated/α-hetero) is 1. The SMILES string of the molecule is CC(=O)c1ccc(C)c(-c2cccc(C(C)(C)C)n2)c1.CCS(=O)(=O)NC(=O)c1ccc(C)c(-c2cccc(C(C)(C)C)n2)c1.CCS(=O)c1ccc(C)c(-c2cccc(C(C)(C)C)n2)c1.COc1ccc(C)c(-c2cccc(C(C)(C)C)n2)c1.CSc1ccc(C)c(-c2cccc(C(C)(C)C)n2)c1.Cc1ccc(OC(F)(F)F)cc1-c1cccc(C(C)(C)C)n1. The maximum absolute atomic E-state index is 12.4. The Kier molecular flexibility index (Phi) is 35.0. The van der Waals surface area contributed by atoms with E-state index in [4.69, 9.17) is 29.7 Å². The number of halogens is 3. The lowest BCUT2D eigenvalue weighted by atomic mass is 9.91. The van der Waals surface area contributed by atoms with E-state index in [0.717, 1.165) is 123 Å². The number of ether oxygens (including phenoxy) is 2. The van der Waals surface area contributed by atoms with Gasteiger partial charge in [0.25, 0.3) is 5.91 Å². The second kappa shape index (κ2) is 43.1. The Balaban J connectivity index is 0.000000208. The maximum atomic E-state index is 12.4. The summed E-state index contributed by atoms with van der Waals surface area (Å²) in [6.07, 6.45) is -2.60. The van der Waals surface area contributed by atoms with Crippen molar-refractivity contribution in [2.75, 3.05) is 24.9 Å². The molecule has 20 heteroatoms. The number of alkyl halides is 3. The van der Waals surface area contributed by atoms with E-state index in [1.165, 1.54) is 40.6 Å². The van der Waals surface area contributed by atoms with Gasteiger partial charge in [0.1, 0.15) is 11.5 Å². The Labute approximate surface area is 755 Å². The summed E-state index contributed by atoms with van der Waals surface area (Å²) in [5.74, 6) is 0.567. The van der Waals surface area contributed by atoms with Crippen molar-refractivity contribution in [3.8, 4) is 79.0 Å². The number of thioether (sulfide) groups is 1. The summed E-state index contributed by atoms with van der Waals surface area (Å²) in [6, 6.07) is 69.9. The Hall–Kier alpha value is -10.8. The van der Waals surface area contributed by atoms with Gasteiger partial charge in [-0.25, -0.2) is 13.1 Å². The number of methoxy groups -OCH3 is 1. The first-order valence-corrected chi connectivity index (χ1v) is 46.5. The van der Waals surface area contributed by atoms with Crippen LogP contribution in [0.25, 0.3) is 67.5 Å². The summed E-state index contributed by atoms with van der Waals surface area (Å²) in [5.41, 5.74) is 25.0. The highest BCUT2D eigenvalue weighted by molar-refractivity contribution is 7.98. The summed E-state index contributed by atoms with van der Waals surface area (Å²) in [4.78, 5) is 54.4. The van der Waals surface area contributed by atoms with E-state index in [0.29, 0.717) is 22.6 Å². The van der Waals surface area contributed by atoms with Crippen LogP contribution >= 0.6 is 11.8 Å². The number of hydrogen-bond donors (Lipinski definition) is 1. The molecule has 0 aliphatic carbocycles. The maximum Gasteiger partial charge on any atom is 0.573 e. The summed E-state index contributed by atoms with van der Waals surface area (Å²) in [6.45, 7) is 55.6. The lowest BCUT2D eigenvalue weighted by molar-refractivity contribution is -0.274. The third-order valence-electron chi connectivity index (χ3n) is 20.6. The second-order valence-electron chi connectivity index (χ2n) is 37.4. The minimum Gasteiger partial charge on any atom is -0.497 e. The largest absolute Gasteiger partial charge is 0.573 e. The molecule has 126 heavy (non-hydrogen) atoms. The molecule has 0 saturated carbocycles. The number of amides is 1. The number of ketones is 1. The minimum absolute atomic E-state index is 0.0160. The van der Waals surface area contributed by atoms with Gasteiger partial charge in [-0.05, 0) is 235 Å². The van der Waals surface area contributed by atoms with Gasteiger partial charge in [-0.15, -0.1) is 24.9 Å². The average molecular weight is 1770 g/mol. The average Bonchev–Trinajstić information content (AvgIpc) is 0.829. The highest BCUT2D eigenvalue weighted by atomic mass is 32.2. The van der Waals surface area contributed by atoms with Crippen LogP contribution in [0.2, 0.25) is 0 Å². The number of carbonyl (C=O) groups is 2. The number of nitrogens with one attached hydrogen (secondary N) is 1. The van der Waals surface area contributed by atoms with Crippen molar-refractivity contribution in [1.82, 2.24) is 34.6 Å². The molecule has 12 rings (SSSR count). The smallest absolute Gasteiger partial charge is 0.497 e. The van der Waals surface area contributed by atoms with Crippen molar-refractivity contribution in [3.63, 3.8) is 0 Å². The van der Waals surface area contributed by atoms with Gasteiger partial charge in [-0.1, -0.05) is 210 Å². The predicted molar refractivity (Wildman–Crippen MR) is 518 cm³/mol. The van der Waals surface area contributed by atoms with Gasteiger partial charge in [0, 0.05) is 127 Å². The molecule has 12 aromatic rings. The number of sulfonamides is 1. The molecule has 6 aromatic carbocycles. The van der Waals surface area contributed by atoms with Crippen LogP contribution in [0, 0.1) is 41.5 Å². The van der Waals surface area contributed by atoms with E-state index >= 15 is 0 Å². The molecule has 0 radical (unpaired) electrons. The molecule has 6 aromatic heterocycles. The van der Waals surface area contributed by atoms with E-state index < -0.39 is 33.1 Å². The van der Waals surface area contributed by atoms with Gasteiger partial charge in [-0.2, -0.15) is 0 Å². The van der Waals surface area contributed by atoms with E-state index in [-0.39, 0.29) is 49.8 Å². The molecule has 14 nitrogen and oxygen atoms in total. The molecule has 1 amide bonds. The zero-order valence-corrected chi connectivity index (χ0v) is 81.5. The van der Waals surface area contributed by atoms with Crippen molar-refractivity contribution in [2.24, 2.45) is 0 Å². The number of nitrogens with zero attached hydrogens (tertiary/aromatic N) is 6. The highest BCUT2D eigenvalue weighted by Gasteiger charge is 2.32. The first-order chi connectivity index (χ1) is 58.5. The van der Waals surface area contributed by atoms with Crippen LogP contribution in [0.1, 0.15) is 234 Å². The van der Waals surface area contributed by atoms with Crippen LogP contribution < -0.4 is 14.2 Å². The number of aromatic nitrogens is 6. The predicted octanol–water partition coefficient (Wildman–Crippen LogP) is 27.2. The van der Waals surface area contributed by atoms with Crippen molar-refractivity contribution in [2.45, 2.75) is 236 Å². The minimum atomic E-state index is -4.70. The molecular weight excluding hydrogens is 1640 g/mol. The van der Waals surface area contributed by atoms with E-state index in [2.05, 4.69) is 212 Å². The fourth-order valence-corrected chi connectivity index (χ4v) is 14.5. The Bertz CT molecular complexity index is 5820. The molecule has 0 fully saturated rings. The molecule has 668 valence electrons. The van der Waals surface area contributed by atoms with Gasteiger partial charge < -0.3 is 9.47 Å². The lowest BCUT2D eigenvalue weighted by Gasteiger charge is -2.19. The molecule has 0 aliphatic heterocycles. The number of pyridine rings is 6. The van der Waals surface area contributed by atoms with Crippen LogP contribution in [0.4, 0.5) is 13.2 Å². The molecule has 0 aliphatic rings. The number of aryl methyl sites for hydroxylation is 6. The van der Waals surface area contributed by atoms with Crippen molar-refractivity contribution >= 4 is 44.3 Å². The molecule has 0 saturated heterocycles. The summed E-state index contributed by atoms with van der Waals surface area (Å²) >= 11 is 1.77. The summed E-state index contributed by atoms with van der Waals surface area (Å²) < 4.78 is 83.7. The van der Waals surface area contributed by atoms with Crippen LogP contribution in [-0.4, -0.2) is 85.5 Å². The van der Waals surface area contributed by atoms with Gasteiger partial charge in [-0.3, -0.25) is 43.7 Å². The molecular formula is C106H128F3N7O7S3. The van der Waals surface area contributed by atoms with Crippen LogP contribution in [0.15, 0.2) is 228 Å². The quantitative estimate of drug-likeness (QED) is 0.0752.